The average molecular weight is 969 g/mol. The molecule has 0 spiro atoms. The number of likely N-dealkylation sites (tertiary alicyclic amines) is 2. The van der Waals surface area contributed by atoms with Crippen LogP contribution >= 0.6 is 0 Å². The maximum Gasteiger partial charge on any atom is 1.00 e. The molecule has 2 aliphatic rings. The molecule has 8 rings (SSSR count). The standard InChI is InChI=1S/C28H32N2O4.C28H34N2O3.Al.FH.Li.H2.4H/c31-19-25(22-11-5-2-6-12-22)29-26(28(33)30-17-7-8-18-30)27(32)23-13-15-24(16-14-23)34-20-21-9-3-1-4-10-21;31-20-27(23-11-5-2-6-12-23)29-26(19-30-17-7-8-18-30)28(32)24-13-15-25(16-14-24)33-21-22-9-3-1-4-10-22;;;;;;;;/h1-6,9-16,25-27,29,31-32H,7-8,17-20H2;1-6,9-16,26-29,31-32H,7-8,17-21H2;;1H;;1H;;;;/q;;;;+1;;;;;-1/t25?,26-,27+;26-,27?,28-;;;;;;;;/m01......../s1/i;;;;;1+2;;;;. The number of nitrogens with zero attached hydrogens (tertiary/aromatic N) is 2. The molecule has 11 nitrogen and oxygen atoms in total. The largest absolute Gasteiger partial charge is 1.00 e. The van der Waals surface area contributed by atoms with Gasteiger partial charge in [0.05, 0.1) is 37.4 Å². The number of aliphatic hydroxyl groups is 4. The molecule has 2 unspecified atom stereocenters. The van der Waals surface area contributed by atoms with Crippen LogP contribution in [0.4, 0.5) is 4.70 Å². The summed E-state index contributed by atoms with van der Waals surface area (Å²) in [6.45, 7) is 4.95. The van der Waals surface area contributed by atoms with Gasteiger partial charge in [0.2, 0.25) is 5.91 Å². The van der Waals surface area contributed by atoms with E-state index in [0.29, 0.717) is 37.6 Å². The third-order valence-corrected chi connectivity index (χ3v) is 12.5. The summed E-state index contributed by atoms with van der Waals surface area (Å²) < 4.78 is 11.7. The molecule has 6 aromatic carbocycles. The first-order valence-electron chi connectivity index (χ1n) is 23.6. The van der Waals surface area contributed by atoms with E-state index in [2.05, 4.69) is 15.5 Å². The number of rotatable bonds is 21. The molecular weight excluding hydrogens is 894 g/mol. The fourth-order valence-corrected chi connectivity index (χ4v) is 8.70. The van der Waals surface area contributed by atoms with Gasteiger partial charge in [-0.15, -0.1) is 0 Å². The van der Waals surface area contributed by atoms with Crippen molar-refractivity contribution < 1.29 is 61.1 Å². The van der Waals surface area contributed by atoms with Crippen molar-refractivity contribution in [2.45, 2.75) is 75.3 Å². The molecule has 2 fully saturated rings. The Balaban J connectivity index is 0.000000462. The normalized spacial score (nSPS) is 15.8. The first-order chi connectivity index (χ1) is 32.9. The van der Waals surface area contributed by atoms with Crippen LogP contribution in [0.15, 0.2) is 170 Å². The van der Waals surface area contributed by atoms with Gasteiger partial charge < -0.3 is 46.4 Å². The molecular formula is C56H73AlFLiN4O7. The third kappa shape index (κ3) is 17.2. The zero-order valence-electron chi connectivity index (χ0n) is 40.6. The van der Waals surface area contributed by atoms with Crippen molar-refractivity contribution in [2.24, 2.45) is 0 Å². The number of carbonyl (C=O) groups is 1. The van der Waals surface area contributed by atoms with Crippen molar-refractivity contribution in [1.29, 1.82) is 0 Å². The summed E-state index contributed by atoms with van der Waals surface area (Å²) in [4.78, 5) is 17.5. The number of hydrogen-bond donors (Lipinski definition) is 6. The van der Waals surface area contributed by atoms with Gasteiger partial charge in [0, 0.05) is 21.1 Å². The second-order valence-corrected chi connectivity index (χ2v) is 17.3. The summed E-state index contributed by atoms with van der Waals surface area (Å²) in [7, 11) is 0. The van der Waals surface area contributed by atoms with Gasteiger partial charge in [0.25, 0.3) is 0 Å². The van der Waals surface area contributed by atoms with Crippen molar-refractivity contribution in [3.05, 3.63) is 203 Å². The van der Waals surface area contributed by atoms with E-state index < -0.39 is 24.3 Å². The van der Waals surface area contributed by atoms with Crippen LogP contribution in [0, 0.1) is 0 Å². The van der Waals surface area contributed by atoms with Crippen molar-refractivity contribution in [2.75, 3.05) is 45.9 Å². The van der Waals surface area contributed by atoms with Gasteiger partial charge in [-0.1, -0.05) is 146 Å². The zero-order valence-corrected chi connectivity index (χ0v) is 39.6. The smallest absolute Gasteiger partial charge is 1.00 e. The number of nitrogens with one attached hydrogen (secondary N) is 2. The minimum absolute atomic E-state index is 0. The Morgan fingerprint density at radius 2 is 0.929 bits per heavy atom. The molecule has 2 aliphatic heterocycles. The van der Waals surface area contributed by atoms with Gasteiger partial charge in [-0.3, -0.25) is 14.8 Å². The molecule has 1 amide bonds. The number of ether oxygens (including phenoxy) is 2. The Hall–Kier alpha value is -4.83. The van der Waals surface area contributed by atoms with E-state index in [0.717, 1.165) is 66.0 Å². The van der Waals surface area contributed by atoms with Crippen LogP contribution < -0.4 is 39.0 Å². The molecule has 0 aliphatic carbocycles. The SMILES string of the molecule is F.O=C([C@@H](NC(CO)c1ccccc1)[C@H](O)c1ccc(OCc2ccccc2)cc1)N1CCCC1.OCC(N[C@H](CN1CCCC1)[C@H](O)c1ccc(OCc2ccccc2)cc1)c1ccccc1.[3HH].[AlH3].[H-].[Li+]. The molecule has 0 saturated carbocycles. The Bertz CT molecular complexity index is 2330. The summed E-state index contributed by atoms with van der Waals surface area (Å²) in [6, 6.07) is 52.5. The second-order valence-electron chi connectivity index (χ2n) is 17.3. The first kappa shape index (κ1) is 57.7. The van der Waals surface area contributed by atoms with Gasteiger partial charge in [0.1, 0.15) is 36.9 Å². The number of halogens is 1. The fraction of sp³-hybridized carbons (Fsp3) is 0.339. The predicted octanol–water partition coefficient (Wildman–Crippen LogP) is 4.03. The van der Waals surface area contributed by atoms with Gasteiger partial charge in [-0.2, -0.15) is 0 Å². The quantitative estimate of drug-likeness (QED) is 0.0586. The summed E-state index contributed by atoms with van der Waals surface area (Å²) in [5.41, 5.74) is 5.52. The molecule has 6 N–H and O–H groups in total. The molecule has 6 atom stereocenters. The predicted molar refractivity (Wildman–Crippen MR) is 278 cm³/mol. The number of benzene rings is 6. The van der Waals surface area contributed by atoms with Crippen LogP contribution in [0.25, 0.3) is 0 Å². The van der Waals surface area contributed by atoms with E-state index in [-0.39, 0.29) is 75.0 Å². The van der Waals surface area contributed by atoms with Crippen molar-refractivity contribution in [1.82, 2.24) is 20.4 Å². The summed E-state index contributed by atoms with van der Waals surface area (Å²) in [6.07, 6.45) is 2.53. The Labute approximate surface area is 438 Å². The number of carbonyl (C=O) groups excluding carboxylic acids is 1. The first-order valence-corrected chi connectivity index (χ1v) is 23.6. The molecule has 0 bridgehead atoms. The maximum absolute atomic E-state index is 13.4. The summed E-state index contributed by atoms with van der Waals surface area (Å²) in [5, 5.41) is 49.4. The van der Waals surface area contributed by atoms with Crippen molar-refractivity contribution in [3.63, 3.8) is 0 Å². The second kappa shape index (κ2) is 30.8. The minimum atomic E-state index is -1.07. The van der Waals surface area contributed by atoms with Crippen LogP contribution in [-0.2, 0) is 18.0 Å². The molecule has 70 heavy (non-hydrogen) atoms. The molecule has 14 heteroatoms. The number of amides is 1. The van der Waals surface area contributed by atoms with Crippen LogP contribution in [0.5, 0.6) is 11.5 Å². The van der Waals surface area contributed by atoms with E-state index in [1.807, 2.05) is 146 Å². The molecule has 0 aromatic heterocycles. The Kier molecular flexibility index (Phi) is 25.4. The number of hydrogen-bond acceptors (Lipinski definition) is 10. The van der Waals surface area contributed by atoms with E-state index in [1.165, 1.54) is 12.8 Å². The number of aliphatic hydroxyl groups excluding tert-OH is 4. The summed E-state index contributed by atoms with van der Waals surface area (Å²) >= 11 is 0. The van der Waals surface area contributed by atoms with E-state index >= 15 is 0 Å². The van der Waals surface area contributed by atoms with Gasteiger partial charge in [-0.25, -0.2) is 0 Å². The van der Waals surface area contributed by atoms with E-state index in [4.69, 9.17) is 9.47 Å². The maximum atomic E-state index is 13.4. The topological polar surface area (TPSA) is 147 Å². The third-order valence-electron chi connectivity index (χ3n) is 12.5. The summed E-state index contributed by atoms with van der Waals surface area (Å²) in [5.74, 6) is 1.31. The Morgan fingerprint density at radius 1 is 0.543 bits per heavy atom. The van der Waals surface area contributed by atoms with Crippen molar-refractivity contribution in [3.8, 4) is 11.5 Å². The fourth-order valence-electron chi connectivity index (χ4n) is 8.70. The average Bonchev–Trinajstić information content (AvgIpc) is 4.14. The van der Waals surface area contributed by atoms with Crippen molar-refractivity contribution >= 4 is 23.3 Å². The van der Waals surface area contributed by atoms with Crippen LogP contribution in [0.1, 0.15) is 86.2 Å². The molecule has 2 saturated heterocycles. The van der Waals surface area contributed by atoms with Gasteiger partial charge >= 0.3 is 18.9 Å². The molecule has 2 heterocycles. The molecule has 0 radical (unpaired) electrons. The van der Waals surface area contributed by atoms with Crippen LogP contribution in [0.3, 0.4) is 0 Å². The van der Waals surface area contributed by atoms with Gasteiger partial charge in [0.15, 0.2) is 17.4 Å². The van der Waals surface area contributed by atoms with Crippen LogP contribution in [0.2, 0.25) is 0 Å². The monoisotopic (exact) mass is 969 g/mol. The zero-order chi connectivity index (χ0) is 46.6. The minimum Gasteiger partial charge on any atom is -1.00 e. The van der Waals surface area contributed by atoms with E-state index in [9.17, 15) is 25.2 Å². The Morgan fingerprint density at radius 3 is 1.36 bits per heavy atom. The van der Waals surface area contributed by atoms with Crippen LogP contribution in [-0.4, -0.2) is 112 Å². The van der Waals surface area contributed by atoms with Gasteiger partial charge in [-0.05, 0) is 96.4 Å². The molecule has 370 valence electrons. The van der Waals surface area contributed by atoms with E-state index in [1.54, 1.807) is 29.2 Å². The molecule has 6 aromatic rings.